The molecular weight excluding hydrogens is 368 g/mol. The topological polar surface area (TPSA) is 88.6 Å². The highest BCUT2D eigenvalue weighted by atomic mass is 16.5. The zero-order valence-corrected chi connectivity index (χ0v) is 16.1. The summed E-state index contributed by atoms with van der Waals surface area (Å²) in [5, 5.41) is 20.0. The van der Waals surface area contributed by atoms with Crippen molar-refractivity contribution in [3.05, 3.63) is 71.5 Å². The molecule has 0 unspecified atom stereocenters. The van der Waals surface area contributed by atoms with Gasteiger partial charge in [0.1, 0.15) is 17.0 Å². The number of aliphatic hydroxyl groups is 1. The van der Waals surface area contributed by atoms with Gasteiger partial charge in [-0.2, -0.15) is 0 Å². The summed E-state index contributed by atoms with van der Waals surface area (Å²) >= 11 is 0. The van der Waals surface area contributed by atoms with E-state index >= 15 is 0 Å². The highest BCUT2D eigenvalue weighted by Crippen LogP contribution is 2.37. The van der Waals surface area contributed by atoms with Gasteiger partial charge in [0, 0.05) is 23.5 Å². The normalized spacial score (nSPS) is 11.1. The van der Waals surface area contributed by atoms with E-state index < -0.39 is 0 Å². The molecule has 0 fully saturated rings. The van der Waals surface area contributed by atoms with E-state index in [1.165, 1.54) is 13.2 Å². The van der Waals surface area contributed by atoms with Crippen LogP contribution in [-0.4, -0.2) is 27.3 Å². The van der Waals surface area contributed by atoms with Crippen LogP contribution in [0.2, 0.25) is 0 Å². The maximum Gasteiger partial charge on any atom is 0.231 e. The van der Waals surface area contributed by atoms with Crippen molar-refractivity contribution >= 4 is 11.1 Å². The van der Waals surface area contributed by atoms with Crippen molar-refractivity contribution in [2.45, 2.75) is 25.9 Å². The van der Waals surface area contributed by atoms with E-state index in [4.69, 9.17) is 9.15 Å². The molecule has 0 saturated heterocycles. The lowest BCUT2D eigenvalue weighted by atomic mass is 10.1. The highest BCUT2D eigenvalue weighted by molar-refractivity contribution is 5.81. The SMILES string of the molecule is COc1cc(O)c(-c2nc3c(CCCc4ccccn4)cccc3o2)cc1CO. The molecule has 6 heteroatoms. The molecule has 0 amide bonds. The van der Waals surface area contributed by atoms with E-state index in [2.05, 4.69) is 9.97 Å². The third-order valence-corrected chi connectivity index (χ3v) is 4.91. The number of phenolic OH excluding ortho intramolecular Hbond substituents is 1. The summed E-state index contributed by atoms with van der Waals surface area (Å²) in [5.74, 6) is 0.717. The van der Waals surface area contributed by atoms with Gasteiger partial charge < -0.3 is 19.4 Å². The summed E-state index contributed by atoms with van der Waals surface area (Å²) in [6.07, 6.45) is 4.49. The lowest BCUT2D eigenvalue weighted by Crippen LogP contribution is -1.94. The first-order valence-electron chi connectivity index (χ1n) is 9.49. The van der Waals surface area contributed by atoms with Crippen molar-refractivity contribution in [1.82, 2.24) is 9.97 Å². The van der Waals surface area contributed by atoms with E-state index in [1.807, 2.05) is 42.6 Å². The van der Waals surface area contributed by atoms with Gasteiger partial charge in [-0.05, 0) is 49.1 Å². The summed E-state index contributed by atoms with van der Waals surface area (Å²) in [4.78, 5) is 9.00. The molecule has 0 aliphatic carbocycles. The number of aromatic nitrogens is 2. The lowest BCUT2D eigenvalue weighted by molar-refractivity contribution is 0.273. The molecular formula is C23H22N2O4. The zero-order chi connectivity index (χ0) is 20.2. The van der Waals surface area contributed by atoms with E-state index in [0.717, 1.165) is 36.0 Å². The average Bonchev–Trinajstić information content (AvgIpc) is 3.19. The fourth-order valence-corrected chi connectivity index (χ4v) is 3.43. The molecule has 0 bridgehead atoms. The lowest BCUT2D eigenvalue weighted by Gasteiger charge is -2.09. The molecule has 2 N–H and O–H groups in total. The number of ether oxygens (including phenoxy) is 1. The van der Waals surface area contributed by atoms with Gasteiger partial charge in [-0.15, -0.1) is 0 Å². The van der Waals surface area contributed by atoms with Crippen molar-refractivity contribution in [3.63, 3.8) is 0 Å². The van der Waals surface area contributed by atoms with Crippen LogP contribution in [0.5, 0.6) is 11.5 Å². The van der Waals surface area contributed by atoms with Crippen molar-refractivity contribution in [2.75, 3.05) is 7.11 Å². The largest absolute Gasteiger partial charge is 0.507 e. The number of hydrogen-bond acceptors (Lipinski definition) is 6. The van der Waals surface area contributed by atoms with Gasteiger partial charge >= 0.3 is 0 Å². The zero-order valence-electron chi connectivity index (χ0n) is 16.1. The maximum absolute atomic E-state index is 10.4. The second-order valence-electron chi connectivity index (χ2n) is 6.80. The molecule has 2 heterocycles. The number of pyridine rings is 1. The van der Waals surface area contributed by atoms with Crippen molar-refractivity contribution in [2.24, 2.45) is 0 Å². The Labute approximate surface area is 168 Å². The molecule has 2 aromatic carbocycles. The van der Waals surface area contributed by atoms with Gasteiger partial charge in [-0.25, -0.2) is 4.98 Å². The fourth-order valence-electron chi connectivity index (χ4n) is 3.43. The third-order valence-electron chi connectivity index (χ3n) is 4.91. The van der Waals surface area contributed by atoms with Gasteiger partial charge in [-0.1, -0.05) is 18.2 Å². The monoisotopic (exact) mass is 390 g/mol. The number of hydrogen-bond donors (Lipinski definition) is 2. The molecule has 2 aromatic heterocycles. The predicted octanol–water partition coefficient (Wildman–Crippen LogP) is 4.27. The molecule has 6 nitrogen and oxygen atoms in total. The van der Waals surface area contributed by atoms with Gasteiger partial charge in [0.15, 0.2) is 5.58 Å². The Morgan fingerprint density at radius 3 is 2.69 bits per heavy atom. The Hall–Kier alpha value is -3.38. The number of aryl methyl sites for hydroxylation is 2. The van der Waals surface area contributed by atoms with Crippen LogP contribution in [0.3, 0.4) is 0 Å². The first-order valence-corrected chi connectivity index (χ1v) is 9.49. The van der Waals surface area contributed by atoms with Gasteiger partial charge in [-0.3, -0.25) is 4.98 Å². The number of methoxy groups -OCH3 is 1. The number of para-hydroxylation sites is 1. The smallest absolute Gasteiger partial charge is 0.231 e. The quantitative estimate of drug-likeness (QED) is 0.490. The Morgan fingerprint density at radius 2 is 1.93 bits per heavy atom. The molecule has 4 rings (SSSR count). The number of aromatic hydroxyl groups is 1. The minimum absolute atomic E-state index is 0.0118. The molecule has 0 saturated carbocycles. The second kappa shape index (κ2) is 8.32. The highest BCUT2D eigenvalue weighted by Gasteiger charge is 2.17. The molecule has 0 aliphatic rings. The number of oxazole rings is 1. The number of rotatable bonds is 7. The number of aliphatic hydroxyl groups excluding tert-OH is 1. The Balaban J connectivity index is 1.62. The summed E-state index contributed by atoms with van der Waals surface area (Å²) in [7, 11) is 1.49. The van der Waals surface area contributed by atoms with Gasteiger partial charge in [0.05, 0.1) is 19.3 Å². The number of benzene rings is 2. The molecule has 4 aromatic rings. The van der Waals surface area contributed by atoms with Gasteiger partial charge in [0.25, 0.3) is 0 Å². The van der Waals surface area contributed by atoms with Crippen LogP contribution in [0.1, 0.15) is 23.2 Å². The summed E-state index contributed by atoms with van der Waals surface area (Å²) in [6, 6.07) is 14.9. The standard InChI is InChI=1S/C23H22N2O4/c1-28-21-13-19(27)18(12-16(21)14-26)23-25-22-15(7-5-10-20(22)29-23)6-4-9-17-8-2-3-11-24-17/h2-3,5,7-8,10-13,26-27H,4,6,9,14H2,1H3. The number of phenols is 1. The van der Waals surface area contributed by atoms with Crippen LogP contribution in [0.15, 0.2) is 59.1 Å². The Morgan fingerprint density at radius 1 is 1.03 bits per heavy atom. The van der Waals surface area contributed by atoms with E-state index in [0.29, 0.717) is 28.4 Å². The van der Waals surface area contributed by atoms with Crippen molar-refractivity contribution in [3.8, 4) is 23.0 Å². The molecule has 0 spiro atoms. The Kier molecular flexibility index (Phi) is 5.44. The molecule has 148 valence electrons. The van der Waals surface area contributed by atoms with Crippen LogP contribution in [-0.2, 0) is 19.4 Å². The summed E-state index contributed by atoms with van der Waals surface area (Å²) < 4.78 is 11.1. The number of fused-ring (bicyclic) bond motifs is 1. The minimum atomic E-state index is -0.213. The van der Waals surface area contributed by atoms with Crippen molar-refractivity contribution < 1.29 is 19.4 Å². The van der Waals surface area contributed by atoms with Crippen LogP contribution >= 0.6 is 0 Å². The van der Waals surface area contributed by atoms with Crippen LogP contribution in [0.25, 0.3) is 22.6 Å². The average molecular weight is 390 g/mol. The second-order valence-corrected chi connectivity index (χ2v) is 6.80. The van der Waals surface area contributed by atoms with E-state index in [-0.39, 0.29) is 12.4 Å². The summed E-state index contributed by atoms with van der Waals surface area (Å²) in [5.41, 5.74) is 4.58. The fraction of sp³-hybridized carbons (Fsp3) is 0.217. The summed E-state index contributed by atoms with van der Waals surface area (Å²) in [6.45, 7) is -0.213. The van der Waals surface area contributed by atoms with Gasteiger partial charge in [0.2, 0.25) is 5.89 Å². The molecule has 0 aliphatic heterocycles. The maximum atomic E-state index is 10.4. The first-order chi connectivity index (χ1) is 14.2. The van der Waals surface area contributed by atoms with E-state index in [1.54, 1.807) is 6.07 Å². The predicted molar refractivity (Wildman–Crippen MR) is 110 cm³/mol. The third kappa shape index (κ3) is 3.93. The van der Waals surface area contributed by atoms with Crippen molar-refractivity contribution in [1.29, 1.82) is 0 Å². The molecule has 0 atom stereocenters. The number of nitrogens with zero attached hydrogens (tertiary/aromatic N) is 2. The van der Waals surface area contributed by atoms with Crippen LogP contribution < -0.4 is 4.74 Å². The molecule has 0 radical (unpaired) electrons. The molecule has 29 heavy (non-hydrogen) atoms. The Bertz CT molecular complexity index is 1120. The van der Waals surface area contributed by atoms with E-state index in [9.17, 15) is 10.2 Å². The van der Waals surface area contributed by atoms with Crippen LogP contribution in [0, 0.1) is 0 Å². The first kappa shape index (κ1) is 19.0. The minimum Gasteiger partial charge on any atom is -0.507 e. The van der Waals surface area contributed by atoms with Crippen LogP contribution in [0.4, 0.5) is 0 Å².